The van der Waals surface area contributed by atoms with Gasteiger partial charge in [-0.05, 0) is 56.7 Å². The van der Waals surface area contributed by atoms with Gasteiger partial charge >= 0.3 is 0 Å². The van der Waals surface area contributed by atoms with Crippen LogP contribution in [0.1, 0.15) is 56.6 Å². The first-order valence-electron chi connectivity index (χ1n) is 9.51. The van der Waals surface area contributed by atoms with Crippen LogP contribution in [-0.2, 0) is 20.8 Å². The van der Waals surface area contributed by atoms with Crippen LogP contribution < -0.4 is 22.5 Å². The lowest BCUT2D eigenvalue weighted by molar-refractivity contribution is -0.120. The number of benzene rings is 1. The van der Waals surface area contributed by atoms with Gasteiger partial charge in [0.15, 0.2) is 0 Å². The van der Waals surface area contributed by atoms with Crippen LogP contribution in [0.2, 0.25) is 0 Å². The molecular weight excluding hydrogens is 356 g/mol. The maximum absolute atomic E-state index is 12.1. The Labute approximate surface area is 167 Å². The second-order valence-electron chi connectivity index (χ2n) is 6.63. The molecule has 0 aliphatic heterocycles. The highest BCUT2D eigenvalue weighted by Crippen LogP contribution is 2.21. The molecule has 0 radical (unpaired) electrons. The normalized spacial score (nSPS) is 11.0. The summed E-state index contributed by atoms with van der Waals surface area (Å²) < 4.78 is 0. The largest absolute Gasteiger partial charge is 0.370 e. The summed E-state index contributed by atoms with van der Waals surface area (Å²) in [4.78, 5) is 33.6. The van der Waals surface area contributed by atoms with Crippen molar-refractivity contribution in [1.29, 1.82) is 0 Å². The SMILES string of the molecule is C=CC.Cc1c(CCCCCC(N)=O)cccc1NC(=O)C(N)CCC(N)=O. The van der Waals surface area contributed by atoms with Crippen LogP contribution >= 0.6 is 0 Å². The van der Waals surface area contributed by atoms with Crippen LogP contribution in [0.3, 0.4) is 0 Å². The molecule has 1 aromatic carbocycles. The number of carbonyl (C=O) groups is 3. The van der Waals surface area contributed by atoms with E-state index in [1.54, 1.807) is 6.08 Å². The Morgan fingerprint density at radius 2 is 1.71 bits per heavy atom. The minimum atomic E-state index is -0.774. The number of aryl methyl sites for hydroxylation is 1. The maximum Gasteiger partial charge on any atom is 0.241 e. The number of allylic oxidation sites excluding steroid dienone is 1. The molecule has 0 spiro atoms. The van der Waals surface area contributed by atoms with E-state index in [9.17, 15) is 14.4 Å². The first-order chi connectivity index (χ1) is 13.2. The Hall–Kier alpha value is -2.67. The van der Waals surface area contributed by atoms with Crippen molar-refractivity contribution >= 4 is 23.4 Å². The average molecular weight is 391 g/mol. The third-order valence-electron chi connectivity index (χ3n) is 4.11. The Balaban J connectivity index is 0.00000227. The second kappa shape index (κ2) is 14.4. The molecule has 3 amide bonds. The van der Waals surface area contributed by atoms with Gasteiger partial charge in [-0.25, -0.2) is 0 Å². The van der Waals surface area contributed by atoms with E-state index >= 15 is 0 Å². The zero-order valence-corrected chi connectivity index (χ0v) is 17.0. The molecule has 0 fully saturated rings. The fourth-order valence-electron chi connectivity index (χ4n) is 2.54. The fraction of sp³-hybridized carbons (Fsp3) is 0.476. The molecule has 1 rings (SSSR count). The molecule has 0 heterocycles. The smallest absolute Gasteiger partial charge is 0.241 e. The van der Waals surface area contributed by atoms with Crippen molar-refractivity contribution in [1.82, 2.24) is 0 Å². The van der Waals surface area contributed by atoms with E-state index in [-0.39, 0.29) is 24.7 Å². The molecule has 1 unspecified atom stereocenters. The average Bonchev–Trinajstić information content (AvgIpc) is 2.62. The van der Waals surface area contributed by atoms with Crippen LogP contribution in [0.4, 0.5) is 5.69 Å². The number of primary amides is 2. The van der Waals surface area contributed by atoms with Crippen LogP contribution in [-0.4, -0.2) is 23.8 Å². The van der Waals surface area contributed by atoms with Crippen molar-refractivity contribution in [3.8, 4) is 0 Å². The molecule has 0 aliphatic rings. The summed E-state index contributed by atoms with van der Waals surface area (Å²) in [5.74, 6) is -1.07. The molecule has 7 N–H and O–H groups in total. The topological polar surface area (TPSA) is 141 Å². The predicted molar refractivity (Wildman–Crippen MR) is 113 cm³/mol. The Bertz CT molecular complexity index is 659. The van der Waals surface area contributed by atoms with E-state index in [0.29, 0.717) is 12.1 Å². The lowest BCUT2D eigenvalue weighted by Crippen LogP contribution is -2.36. The van der Waals surface area contributed by atoms with Crippen LogP contribution in [0.5, 0.6) is 0 Å². The molecular formula is C21H34N4O3. The number of rotatable bonds is 11. The third kappa shape index (κ3) is 11.1. The standard InChI is InChI=1S/C18H28N4O3.C3H6/c1-12-13(6-3-2-4-9-16(20)23)7-5-8-15(12)22-18(25)14(19)10-11-17(21)24;1-3-2/h5,7-8,14H,2-4,6,9-11,19H2,1H3,(H2,20,23)(H2,21,24)(H,22,25);3H,1H2,2H3. The van der Waals surface area contributed by atoms with Crippen molar-refractivity contribution in [2.45, 2.75) is 64.8 Å². The molecule has 0 aliphatic carbocycles. The predicted octanol–water partition coefficient (Wildman–Crippen LogP) is 2.31. The second-order valence-corrected chi connectivity index (χ2v) is 6.63. The number of hydrogen-bond acceptors (Lipinski definition) is 4. The van der Waals surface area contributed by atoms with Gasteiger partial charge in [-0.2, -0.15) is 0 Å². The summed E-state index contributed by atoms with van der Waals surface area (Å²) >= 11 is 0. The minimum Gasteiger partial charge on any atom is -0.370 e. The number of unbranched alkanes of at least 4 members (excludes halogenated alkanes) is 2. The van der Waals surface area contributed by atoms with Gasteiger partial charge in [-0.3, -0.25) is 14.4 Å². The molecule has 0 aromatic heterocycles. The van der Waals surface area contributed by atoms with E-state index < -0.39 is 11.9 Å². The number of anilines is 1. The summed E-state index contributed by atoms with van der Waals surface area (Å²) in [6.07, 6.45) is 6.00. The number of hydrogen-bond donors (Lipinski definition) is 4. The zero-order valence-electron chi connectivity index (χ0n) is 17.0. The highest BCUT2D eigenvalue weighted by molar-refractivity contribution is 5.95. The van der Waals surface area contributed by atoms with Gasteiger partial charge in [0, 0.05) is 18.5 Å². The molecule has 0 saturated carbocycles. The van der Waals surface area contributed by atoms with Crippen molar-refractivity contribution < 1.29 is 14.4 Å². The summed E-state index contributed by atoms with van der Waals surface area (Å²) in [6.45, 7) is 7.20. The summed E-state index contributed by atoms with van der Waals surface area (Å²) in [5.41, 5.74) is 18.8. The van der Waals surface area contributed by atoms with E-state index in [2.05, 4.69) is 11.9 Å². The van der Waals surface area contributed by atoms with Gasteiger partial charge in [0.1, 0.15) is 0 Å². The summed E-state index contributed by atoms with van der Waals surface area (Å²) in [7, 11) is 0. The molecule has 0 bridgehead atoms. The molecule has 156 valence electrons. The Morgan fingerprint density at radius 3 is 2.29 bits per heavy atom. The minimum absolute atomic E-state index is 0.0823. The molecule has 7 heteroatoms. The van der Waals surface area contributed by atoms with Gasteiger partial charge < -0.3 is 22.5 Å². The van der Waals surface area contributed by atoms with E-state index in [1.165, 1.54) is 0 Å². The number of amides is 3. The molecule has 0 saturated heterocycles. The molecule has 1 atom stereocenters. The van der Waals surface area contributed by atoms with Gasteiger partial charge in [0.05, 0.1) is 6.04 Å². The number of carbonyl (C=O) groups excluding carboxylic acids is 3. The van der Waals surface area contributed by atoms with Gasteiger partial charge in [-0.15, -0.1) is 6.58 Å². The fourth-order valence-corrected chi connectivity index (χ4v) is 2.54. The monoisotopic (exact) mass is 390 g/mol. The van der Waals surface area contributed by atoms with Gasteiger partial charge in [0.25, 0.3) is 0 Å². The van der Waals surface area contributed by atoms with Crippen LogP contribution in [0.25, 0.3) is 0 Å². The molecule has 1 aromatic rings. The van der Waals surface area contributed by atoms with Crippen molar-refractivity contribution in [3.05, 3.63) is 42.0 Å². The Kier molecular flexibility index (Phi) is 13.0. The first-order valence-corrected chi connectivity index (χ1v) is 9.51. The van der Waals surface area contributed by atoms with E-state index in [1.807, 2.05) is 32.0 Å². The highest BCUT2D eigenvalue weighted by atomic mass is 16.2. The Morgan fingerprint density at radius 1 is 1.11 bits per heavy atom. The van der Waals surface area contributed by atoms with Crippen LogP contribution in [0.15, 0.2) is 30.9 Å². The molecule has 28 heavy (non-hydrogen) atoms. The quantitative estimate of drug-likeness (QED) is 0.340. The first kappa shape index (κ1) is 25.3. The van der Waals surface area contributed by atoms with E-state index in [4.69, 9.17) is 17.2 Å². The number of nitrogens with two attached hydrogens (primary N) is 3. The lowest BCUT2D eigenvalue weighted by atomic mass is 10.00. The van der Waals surface area contributed by atoms with Crippen molar-refractivity contribution in [2.24, 2.45) is 17.2 Å². The van der Waals surface area contributed by atoms with E-state index in [0.717, 1.165) is 36.8 Å². The zero-order chi connectivity index (χ0) is 21.5. The highest BCUT2D eigenvalue weighted by Gasteiger charge is 2.16. The van der Waals surface area contributed by atoms with Gasteiger partial charge in [0.2, 0.25) is 17.7 Å². The van der Waals surface area contributed by atoms with Crippen LogP contribution in [0, 0.1) is 6.92 Å². The van der Waals surface area contributed by atoms with Crippen molar-refractivity contribution in [2.75, 3.05) is 5.32 Å². The summed E-state index contributed by atoms with van der Waals surface area (Å²) in [5, 5.41) is 2.81. The van der Waals surface area contributed by atoms with Gasteiger partial charge in [-0.1, -0.05) is 24.6 Å². The summed E-state index contributed by atoms with van der Waals surface area (Å²) in [6, 6.07) is 4.96. The molecule has 7 nitrogen and oxygen atoms in total. The number of nitrogens with one attached hydrogen (secondary N) is 1. The van der Waals surface area contributed by atoms with Crippen molar-refractivity contribution in [3.63, 3.8) is 0 Å². The lowest BCUT2D eigenvalue weighted by Gasteiger charge is -2.15. The third-order valence-corrected chi connectivity index (χ3v) is 4.11. The maximum atomic E-state index is 12.1.